The number of hydrogen-bond acceptors (Lipinski definition) is 4. The summed E-state index contributed by atoms with van der Waals surface area (Å²) in [6.45, 7) is 16.7. The fourth-order valence-electron chi connectivity index (χ4n) is 4.22. The lowest BCUT2D eigenvalue weighted by Gasteiger charge is -2.40. The van der Waals surface area contributed by atoms with Gasteiger partial charge in [0.15, 0.2) is 0 Å². The third kappa shape index (κ3) is 7.68. The van der Waals surface area contributed by atoms with Gasteiger partial charge >= 0.3 is 5.97 Å². The van der Waals surface area contributed by atoms with Crippen molar-refractivity contribution in [3.63, 3.8) is 0 Å². The van der Waals surface area contributed by atoms with Gasteiger partial charge in [-0.2, -0.15) is 0 Å². The Morgan fingerprint density at radius 2 is 1.64 bits per heavy atom. The Balaban J connectivity index is 3.15. The highest BCUT2D eigenvalue weighted by atomic mass is 16.4. The lowest BCUT2D eigenvalue weighted by atomic mass is 9.77. The number of aliphatic carboxylic acids is 1. The second-order valence-corrected chi connectivity index (χ2v) is 11.0. The van der Waals surface area contributed by atoms with E-state index in [0.717, 1.165) is 0 Å². The van der Waals surface area contributed by atoms with Crippen LogP contribution in [0.25, 0.3) is 0 Å². The molecule has 33 heavy (non-hydrogen) atoms. The van der Waals surface area contributed by atoms with Gasteiger partial charge in [0.1, 0.15) is 0 Å². The van der Waals surface area contributed by atoms with Crippen LogP contribution in [0.4, 0.5) is 0 Å². The lowest BCUT2D eigenvalue weighted by Crippen LogP contribution is -2.59. The summed E-state index contributed by atoms with van der Waals surface area (Å²) in [5, 5.41) is 16.3. The number of carboxylic acids is 1. The SMILES string of the molecule is CN[C@H](CN[C@H](C(=O)N(C)[C@H](/C=C(\C)C(=O)O)C(C)C)C(C)(C)C)C(C)(C)c1ccccc1. The number of carbonyl (C=O) groups is 2. The first-order chi connectivity index (χ1) is 15.1. The normalized spacial score (nSPS) is 15.8. The van der Waals surface area contributed by atoms with Crippen molar-refractivity contribution in [2.45, 2.75) is 78.9 Å². The van der Waals surface area contributed by atoms with E-state index in [9.17, 15) is 14.7 Å². The van der Waals surface area contributed by atoms with Crippen LogP contribution in [0.2, 0.25) is 0 Å². The summed E-state index contributed by atoms with van der Waals surface area (Å²) in [6, 6.07) is 9.74. The highest BCUT2D eigenvalue weighted by molar-refractivity contribution is 5.86. The molecule has 1 amide bonds. The van der Waals surface area contributed by atoms with Gasteiger partial charge in [0.2, 0.25) is 5.91 Å². The van der Waals surface area contributed by atoms with Crippen molar-refractivity contribution in [3.05, 3.63) is 47.5 Å². The van der Waals surface area contributed by atoms with Crippen molar-refractivity contribution in [3.8, 4) is 0 Å². The highest BCUT2D eigenvalue weighted by Gasteiger charge is 2.37. The molecule has 6 heteroatoms. The van der Waals surface area contributed by atoms with Crippen LogP contribution in [-0.2, 0) is 15.0 Å². The zero-order valence-electron chi connectivity index (χ0n) is 22.2. The summed E-state index contributed by atoms with van der Waals surface area (Å²) < 4.78 is 0. The molecule has 0 aliphatic carbocycles. The monoisotopic (exact) mass is 459 g/mol. The molecule has 0 aromatic heterocycles. The minimum atomic E-state index is -0.966. The zero-order chi connectivity index (χ0) is 25.6. The minimum Gasteiger partial charge on any atom is -0.478 e. The maximum Gasteiger partial charge on any atom is 0.331 e. The molecule has 0 spiro atoms. The molecule has 0 bridgehead atoms. The number of amides is 1. The first-order valence-electron chi connectivity index (χ1n) is 11.8. The molecule has 1 aromatic carbocycles. The summed E-state index contributed by atoms with van der Waals surface area (Å²) in [7, 11) is 3.72. The molecule has 0 saturated heterocycles. The average molecular weight is 460 g/mol. The van der Waals surface area contributed by atoms with Gasteiger partial charge < -0.3 is 20.6 Å². The Hall–Kier alpha value is -2.18. The molecule has 0 aliphatic heterocycles. The summed E-state index contributed by atoms with van der Waals surface area (Å²) >= 11 is 0. The third-order valence-corrected chi connectivity index (χ3v) is 6.61. The van der Waals surface area contributed by atoms with Crippen molar-refractivity contribution in [1.82, 2.24) is 15.5 Å². The predicted octanol–water partition coefficient (Wildman–Crippen LogP) is 4.07. The van der Waals surface area contributed by atoms with Crippen LogP contribution in [0.3, 0.4) is 0 Å². The van der Waals surface area contributed by atoms with Gasteiger partial charge in [-0.3, -0.25) is 4.79 Å². The summed E-state index contributed by atoms with van der Waals surface area (Å²) in [6.07, 6.45) is 1.68. The molecule has 0 fully saturated rings. The molecule has 0 unspecified atom stereocenters. The van der Waals surface area contributed by atoms with E-state index in [0.29, 0.717) is 6.54 Å². The van der Waals surface area contributed by atoms with Gasteiger partial charge in [0.25, 0.3) is 0 Å². The fraction of sp³-hybridized carbons (Fsp3) is 0.630. The zero-order valence-corrected chi connectivity index (χ0v) is 22.2. The van der Waals surface area contributed by atoms with Crippen molar-refractivity contribution in [1.29, 1.82) is 0 Å². The maximum atomic E-state index is 13.7. The van der Waals surface area contributed by atoms with Crippen molar-refractivity contribution < 1.29 is 14.7 Å². The first-order valence-corrected chi connectivity index (χ1v) is 11.8. The molecule has 0 saturated carbocycles. The molecule has 186 valence electrons. The Morgan fingerprint density at radius 3 is 2.06 bits per heavy atom. The average Bonchev–Trinajstić information content (AvgIpc) is 2.73. The number of carboxylic acid groups (broad SMARTS) is 1. The van der Waals surface area contributed by atoms with Crippen LogP contribution in [-0.4, -0.2) is 60.6 Å². The number of rotatable bonds is 11. The van der Waals surface area contributed by atoms with Gasteiger partial charge in [-0.15, -0.1) is 0 Å². The second kappa shape index (κ2) is 11.8. The van der Waals surface area contributed by atoms with E-state index in [-0.39, 0.29) is 40.3 Å². The van der Waals surface area contributed by atoms with Gasteiger partial charge in [-0.1, -0.05) is 84.9 Å². The van der Waals surface area contributed by atoms with Gasteiger partial charge in [0.05, 0.1) is 12.1 Å². The Kier molecular flexibility index (Phi) is 10.3. The Bertz CT molecular complexity index is 810. The molecular weight excluding hydrogens is 414 g/mol. The van der Waals surface area contributed by atoms with Crippen molar-refractivity contribution >= 4 is 11.9 Å². The molecule has 0 heterocycles. The number of carbonyl (C=O) groups excluding carboxylic acids is 1. The van der Waals surface area contributed by atoms with Crippen LogP contribution in [0, 0.1) is 11.3 Å². The van der Waals surface area contributed by atoms with E-state index >= 15 is 0 Å². The third-order valence-electron chi connectivity index (χ3n) is 6.61. The number of likely N-dealkylation sites (N-methyl/N-ethyl adjacent to an activating group) is 2. The second-order valence-electron chi connectivity index (χ2n) is 11.0. The van der Waals surface area contributed by atoms with E-state index < -0.39 is 12.0 Å². The molecule has 3 atom stereocenters. The molecular formula is C27H45N3O3. The Morgan fingerprint density at radius 1 is 1.09 bits per heavy atom. The molecule has 0 aliphatic rings. The summed E-state index contributed by atoms with van der Waals surface area (Å²) in [5.41, 5.74) is 1.00. The van der Waals surface area contributed by atoms with E-state index in [2.05, 4.69) is 57.4 Å². The van der Waals surface area contributed by atoms with Crippen molar-refractivity contribution in [2.24, 2.45) is 11.3 Å². The van der Waals surface area contributed by atoms with Crippen LogP contribution in [0.15, 0.2) is 42.0 Å². The highest BCUT2D eigenvalue weighted by Crippen LogP contribution is 2.28. The van der Waals surface area contributed by atoms with Crippen molar-refractivity contribution in [2.75, 3.05) is 20.6 Å². The van der Waals surface area contributed by atoms with Gasteiger partial charge in [0, 0.05) is 30.6 Å². The number of hydrogen-bond donors (Lipinski definition) is 3. The predicted molar refractivity (Wildman–Crippen MR) is 136 cm³/mol. The van der Waals surface area contributed by atoms with Crippen LogP contribution in [0.1, 0.15) is 61.0 Å². The maximum absolute atomic E-state index is 13.7. The van der Waals surface area contributed by atoms with E-state index in [1.807, 2.05) is 39.1 Å². The Labute approximate surface area is 200 Å². The minimum absolute atomic E-state index is 0.0389. The van der Waals surface area contributed by atoms with Crippen LogP contribution >= 0.6 is 0 Å². The molecule has 1 aromatic rings. The van der Waals surface area contributed by atoms with E-state index in [1.165, 1.54) is 5.56 Å². The largest absolute Gasteiger partial charge is 0.478 e. The van der Waals surface area contributed by atoms with Gasteiger partial charge in [-0.25, -0.2) is 4.79 Å². The van der Waals surface area contributed by atoms with Crippen LogP contribution < -0.4 is 10.6 Å². The molecule has 0 radical (unpaired) electrons. The van der Waals surface area contributed by atoms with E-state index in [1.54, 1.807) is 24.9 Å². The number of benzene rings is 1. The molecule has 6 nitrogen and oxygen atoms in total. The van der Waals surface area contributed by atoms with Gasteiger partial charge in [-0.05, 0) is 30.9 Å². The summed E-state index contributed by atoms with van der Waals surface area (Å²) in [4.78, 5) is 26.7. The number of nitrogens with one attached hydrogen (secondary N) is 2. The smallest absolute Gasteiger partial charge is 0.331 e. The first kappa shape index (κ1) is 28.9. The summed E-state index contributed by atoms with van der Waals surface area (Å²) in [5.74, 6) is -0.925. The van der Waals surface area contributed by atoms with E-state index in [4.69, 9.17) is 0 Å². The lowest BCUT2D eigenvalue weighted by molar-refractivity contribution is -0.137. The molecule has 3 N–H and O–H groups in total. The standard InChI is InChI=1S/C27H45N3O3/c1-18(2)21(16-19(3)25(32)33)30(10)24(31)23(26(4,5)6)29-17-22(28-9)27(7,8)20-14-12-11-13-15-20/h11-16,18,21-23,28-29H,17H2,1-10H3,(H,32,33)/b19-16+/t21-,22-,23-/m1/s1. The number of nitrogens with zero attached hydrogens (tertiary/aromatic N) is 1. The fourth-order valence-corrected chi connectivity index (χ4v) is 4.22. The quantitative estimate of drug-likeness (QED) is 0.435. The molecule has 1 rings (SSSR count). The topological polar surface area (TPSA) is 81.7 Å². The van der Waals surface area contributed by atoms with Crippen LogP contribution in [0.5, 0.6) is 0 Å².